The second kappa shape index (κ2) is 5.70. The van der Waals surface area contributed by atoms with E-state index in [9.17, 15) is 0 Å². The molecular weight excluding hydrogens is 276 g/mol. The van der Waals surface area contributed by atoms with Crippen LogP contribution in [0.2, 0.25) is 0 Å². The largest absolute Gasteiger partial charge is 0.378 e. The zero-order chi connectivity index (χ0) is 14.8. The van der Waals surface area contributed by atoms with Crippen molar-refractivity contribution in [1.82, 2.24) is 4.98 Å². The van der Waals surface area contributed by atoms with E-state index in [2.05, 4.69) is 79.5 Å². The van der Waals surface area contributed by atoms with Gasteiger partial charge >= 0.3 is 0 Å². The number of aromatic nitrogens is 1. The van der Waals surface area contributed by atoms with Crippen molar-refractivity contribution in [3.05, 3.63) is 58.6 Å². The number of nitrogens with zero attached hydrogens (tertiary/aromatic N) is 2. The molecule has 3 heteroatoms. The van der Waals surface area contributed by atoms with Crippen LogP contribution in [0.25, 0.3) is 22.4 Å². The average molecular weight is 294 g/mol. The summed E-state index contributed by atoms with van der Waals surface area (Å²) < 4.78 is 1.23. The molecule has 0 N–H and O–H groups in total. The Balaban J connectivity index is 1.88. The molecule has 0 aliphatic rings. The summed E-state index contributed by atoms with van der Waals surface area (Å²) in [4.78, 5) is 6.75. The lowest BCUT2D eigenvalue weighted by atomic mass is 10.1. The summed E-state index contributed by atoms with van der Waals surface area (Å²) in [5.41, 5.74) is 4.81. The molecule has 3 rings (SSSR count). The summed E-state index contributed by atoms with van der Waals surface area (Å²) in [5, 5.41) is 1.05. The van der Waals surface area contributed by atoms with Gasteiger partial charge in [0, 0.05) is 19.8 Å². The Morgan fingerprint density at radius 3 is 2.57 bits per heavy atom. The van der Waals surface area contributed by atoms with Gasteiger partial charge in [0.2, 0.25) is 0 Å². The molecule has 1 aromatic heterocycles. The fourth-order valence-electron chi connectivity index (χ4n) is 2.25. The predicted octanol–water partition coefficient (Wildman–Crippen LogP) is 4.84. The molecule has 0 aliphatic carbocycles. The lowest BCUT2D eigenvalue weighted by molar-refractivity contribution is 1.13. The third-order valence-corrected chi connectivity index (χ3v) is 4.49. The molecule has 0 aliphatic heterocycles. The Kier molecular flexibility index (Phi) is 3.76. The van der Waals surface area contributed by atoms with Crippen molar-refractivity contribution in [3.8, 4) is 0 Å². The summed E-state index contributed by atoms with van der Waals surface area (Å²) in [5.74, 6) is 0. The van der Waals surface area contributed by atoms with E-state index in [4.69, 9.17) is 0 Å². The highest BCUT2D eigenvalue weighted by molar-refractivity contribution is 7.19. The highest BCUT2D eigenvalue weighted by atomic mass is 32.1. The smallest absolute Gasteiger partial charge is 0.117 e. The number of aryl methyl sites for hydroxylation is 1. The Bertz CT molecular complexity index is 767. The summed E-state index contributed by atoms with van der Waals surface area (Å²) in [7, 11) is 4.12. The number of hydrogen-bond donors (Lipinski definition) is 0. The summed E-state index contributed by atoms with van der Waals surface area (Å²) in [6.45, 7) is 2.14. The molecule has 0 unspecified atom stereocenters. The number of thiazole rings is 1. The van der Waals surface area contributed by atoms with Crippen molar-refractivity contribution in [3.63, 3.8) is 0 Å². The van der Waals surface area contributed by atoms with Crippen molar-refractivity contribution < 1.29 is 0 Å². The third kappa shape index (κ3) is 2.98. The molecule has 0 saturated carbocycles. The second-order valence-corrected chi connectivity index (χ2v) is 6.35. The fraction of sp³-hybridized carbons (Fsp3) is 0.167. The first kappa shape index (κ1) is 13.8. The Morgan fingerprint density at radius 1 is 1.05 bits per heavy atom. The maximum atomic E-state index is 4.63. The summed E-state index contributed by atoms with van der Waals surface area (Å²) in [6.07, 6.45) is 4.24. The molecule has 2 aromatic carbocycles. The number of para-hydroxylation sites is 1. The molecule has 106 valence electrons. The third-order valence-electron chi connectivity index (χ3n) is 3.49. The van der Waals surface area contributed by atoms with Crippen molar-refractivity contribution in [2.24, 2.45) is 0 Å². The van der Waals surface area contributed by atoms with Gasteiger partial charge in [-0.3, -0.25) is 0 Å². The van der Waals surface area contributed by atoms with E-state index >= 15 is 0 Å². The number of hydrogen-bond acceptors (Lipinski definition) is 3. The fourth-order valence-corrected chi connectivity index (χ4v) is 3.12. The molecule has 0 atom stereocenters. The Hall–Kier alpha value is -2.13. The van der Waals surface area contributed by atoms with Gasteiger partial charge in [0.05, 0.1) is 10.2 Å². The molecule has 0 fully saturated rings. The molecule has 1 heterocycles. The molecular formula is C18H18N2S. The second-order valence-electron chi connectivity index (χ2n) is 5.29. The Labute approximate surface area is 129 Å². The van der Waals surface area contributed by atoms with Crippen molar-refractivity contribution in [2.45, 2.75) is 6.92 Å². The normalized spacial score (nSPS) is 11.4. The number of anilines is 1. The first-order chi connectivity index (χ1) is 10.1. The standard InChI is InChI=1S/C18H18N2S/c1-13-12-15(20(2)3)10-8-14(13)9-11-18-19-16-6-4-5-7-17(16)21-18/h4-12H,1-3H3/b11-9+. The van der Waals surface area contributed by atoms with Crippen LogP contribution in [0.1, 0.15) is 16.1 Å². The van der Waals surface area contributed by atoms with E-state index in [0.29, 0.717) is 0 Å². The van der Waals surface area contributed by atoms with Crippen LogP contribution in [0, 0.1) is 6.92 Å². The minimum atomic E-state index is 1.05. The maximum Gasteiger partial charge on any atom is 0.117 e. The van der Waals surface area contributed by atoms with Crippen molar-refractivity contribution in [2.75, 3.05) is 19.0 Å². The predicted molar refractivity (Wildman–Crippen MR) is 94.1 cm³/mol. The SMILES string of the molecule is Cc1cc(N(C)C)ccc1/C=C/c1nc2ccccc2s1. The number of rotatable bonds is 3. The topological polar surface area (TPSA) is 16.1 Å². The van der Waals surface area contributed by atoms with E-state index in [1.807, 2.05) is 6.07 Å². The van der Waals surface area contributed by atoms with Gasteiger partial charge in [-0.2, -0.15) is 0 Å². The van der Waals surface area contributed by atoms with Crippen LogP contribution in [-0.4, -0.2) is 19.1 Å². The number of benzene rings is 2. The molecule has 21 heavy (non-hydrogen) atoms. The van der Waals surface area contributed by atoms with Gasteiger partial charge in [-0.05, 0) is 48.4 Å². The van der Waals surface area contributed by atoms with E-state index < -0.39 is 0 Å². The molecule has 0 spiro atoms. The van der Waals surface area contributed by atoms with E-state index in [1.165, 1.54) is 21.5 Å². The van der Waals surface area contributed by atoms with Crippen molar-refractivity contribution >= 4 is 39.4 Å². The van der Waals surface area contributed by atoms with E-state index in [1.54, 1.807) is 11.3 Å². The van der Waals surface area contributed by atoms with Gasteiger partial charge in [0.1, 0.15) is 5.01 Å². The highest BCUT2D eigenvalue weighted by Crippen LogP contribution is 2.24. The van der Waals surface area contributed by atoms with Gasteiger partial charge in [-0.15, -0.1) is 11.3 Å². The quantitative estimate of drug-likeness (QED) is 0.687. The molecule has 0 radical (unpaired) electrons. The van der Waals surface area contributed by atoms with Crippen LogP contribution in [0.4, 0.5) is 5.69 Å². The zero-order valence-corrected chi connectivity index (χ0v) is 13.3. The molecule has 0 saturated heterocycles. The van der Waals surface area contributed by atoms with Gasteiger partial charge in [0.15, 0.2) is 0 Å². The minimum Gasteiger partial charge on any atom is -0.378 e. The zero-order valence-electron chi connectivity index (χ0n) is 12.5. The molecule has 0 amide bonds. The monoisotopic (exact) mass is 294 g/mol. The average Bonchev–Trinajstić information content (AvgIpc) is 2.88. The van der Waals surface area contributed by atoms with Crippen LogP contribution in [0.15, 0.2) is 42.5 Å². The van der Waals surface area contributed by atoms with Gasteiger partial charge < -0.3 is 4.90 Å². The summed E-state index contributed by atoms with van der Waals surface area (Å²) in [6, 6.07) is 14.8. The van der Waals surface area contributed by atoms with Gasteiger partial charge in [-0.1, -0.05) is 24.3 Å². The van der Waals surface area contributed by atoms with Crippen LogP contribution in [0.5, 0.6) is 0 Å². The van der Waals surface area contributed by atoms with E-state index in [0.717, 1.165) is 10.5 Å². The van der Waals surface area contributed by atoms with Gasteiger partial charge in [0.25, 0.3) is 0 Å². The molecule has 3 aromatic rings. The van der Waals surface area contributed by atoms with E-state index in [-0.39, 0.29) is 0 Å². The van der Waals surface area contributed by atoms with Crippen LogP contribution in [-0.2, 0) is 0 Å². The highest BCUT2D eigenvalue weighted by Gasteiger charge is 2.01. The summed E-state index contributed by atoms with van der Waals surface area (Å²) >= 11 is 1.72. The Morgan fingerprint density at radius 2 is 1.86 bits per heavy atom. The van der Waals surface area contributed by atoms with Crippen molar-refractivity contribution in [1.29, 1.82) is 0 Å². The first-order valence-electron chi connectivity index (χ1n) is 6.95. The molecule has 0 bridgehead atoms. The van der Waals surface area contributed by atoms with Crippen LogP contribution in [0.3, 0.4) is 0 Å². The maximum absolute atomic E-state index is 4.63. The first-order valence-corrected chi connectivity index (χ1v) is 7.77. The van der Waals surface area contributed by atoms with Gasteiger partial charge in [-0.25, -0.2) is 4.98 Å². The lowest BCUT2D eigenvalue weighted by Gasteiger charge is -2.13. The number of fused-ring (bicyclic) bond motifs is 1. The van der Waals surface area contributed by atoms with Crippen LogP contribution >= 0.6 is 11.3 Å². The molecule has 2 nitrogen and oxygen atoms in total. The lowest BCUT2D eigenvalue weighted by Crippen LogP contribution is -2.08. The van der Waals surface area contributed by atoms with Crippen LogP contribution < -0.4 is 4.90 Å². The minimum absolute atomic E-state index is 1.05.